The third kappa shape index (κ3) is 3.46. The molecule has 0 bridgehead atoms. The molecule has 6 rings (SSSR count). The minimum absolute atomic E-state index is 0.132. The molecule has 4 heteroatoms. The van der Waals surface area contributed by atoms with E-state index in [1.54, 1.807) is 0 Å². The molecular weight excluding hydrogens is 472 g/mol. The van der Waals surface area contributed by atoms with Crippen LogP contribution < -0.4 is 4.74 Å². The number of nitrogens with zero attached hydrogens (tertiary/aromatic N) is 2. The SMILES string of the molecule is C[C@]1(c2ccc(Br)cc2)Oc2ccccc2[C@@H]2CC(c3ccc(-c4ccccc4)cc3)=NN21. The van der Waals surface area contributed by atoms with Gasteiger partial charge in [-0.25, -0.2) is 5.01 Å². The summed E-state index contributed by atoms with van der Waals surface area (Å²) in [5, 5.41) is 7.30. The summed E-state index contributed by atoms with van der Waals surface area (Å²) in [5.41, 5.74) is 6.25. The fourth-order valence-electron chi connectivity index (χ4n) is 4.87. The number of benzene rings is 4. The highest BCUT2D eigenvalue weighted by Gasteiger charge is 2.48. The molecule has 0 fully saturated rings. The van der Waals surface area contributed by atoms with Gasteiger partial charge in [-0.1, -0.05) is 101 Å². The number of hydrazone groups is 1. The van der Waals surface area contributed by atoms with Crippen LogP contribution in [0.5, 0.6) is 5.75 Å². The number of rotatable bonds is 3. The Kier molecular flexibility index (Phi) is 4.84. The van der Waals surface area contributed by atoms with Gasteiger partial charge >= 0.3 is 0 Å². The Bertz CT molecular complexity index is 1330. The zero-order valence-electron chi connectivity index (χ0n) is 18.3. The van der Waals surface area contributed by atoms with Crippen molar-refractivity contribution in [1.29, 1.82) is 0 Å². The third-order valence-corrected chi connectivity index (χ3v) is 7.17. The molecule has 0 aliphatic carbocycles. The lowest BCUT2D eigenvalue weighted by molar-refractivity contribution is -0.112. The largest absolute Gasteiger partial charge is 0.462 e. The molecule has 3 nitrogen and oxygen atoms in total. The van der Waals surface area contributed by atoms with Gasteiger partial charge in [0.15, 0.2) is 0 Å². The summed E-state index contributed by atoms with van der Waals surface area (Å²) < 4.78 is 7.67. The zero-order valence-corrected chi connectivity index (χ0v) is 19.9. The van der Waals surface area contributed by atoms with Crippen molar-refractivity contribution >= 4 is 21.6 Å². The highest BCUT2D eigenvalue weighted by Crippen LogP contribution is 2.50. The molecule has 33 heavy (non-hydrogen) atoms. The summed E-state index contributed by atoms with van der Waals surface area (Å²) >= 11 is 3.55. The lowest BCUT2D eigenvalue weighted by Crippen LogP contribution is -2.48. The fourth-order valence-corrected chi connectivity index (χ4v) is 5.13. The van der Waals surface area contributed by atoms with Crippen LogP contribution in [0.2, 0.25) is 0 Å². The molecule has 2 heterocycles. The van der Waals surface area contributed by atoms with Gasteiger partial charge in [0.1, 0.15) is 5.75 Å². The molecule has 0 N–H and O–H groups in total. The predicted molar refractivity (Wildman–Crippen MR) is 136 cm³/mol. The molecule has 0 aromatic heterocycles. The van der Waals surface area contributed by atoms with Gasteiger partial charge in [-0.2, -0.15) is 5.10 Å². The van der Waals surface area contributed by atoms with Crippen molar-refractivity contribution in [3.63, 3.8) is 0 Å². The van der Waals surface area contributed by atoms with Crippen molar-refractivity contribution in [2.45, 2.75) is 25.1 Å². The maximum atomic E-state index is 6.62. The van der Waals surface area contributed by atoms with E-state index in [0.717, 1.165) is 33.5 Å². The maximum absolute atomic E-state index is 6.62. The Morgan fingerprint density at radius 2 is 1.42 bits per heavy atom. The molecule has 0 spiro atoms. The third-order valence-electron chi connectivity index (χ3n) is 6.64. The number of para-hydroxylation sites is 1. The van der Waals surface area contributed by atoms with E-state index in [9.17, 15) is 0 Å². The monoisotopic (exact) mass is 494 g/mol. The van der Waals surface area contributed by atoms with Crippen molar-refractivity contribution in [2.75, 3.05) is 0 Å². The standard InChI is InChI=1S/C29H23BrN2O/c1-29(23-15-17-24(30)18-16-23)32-27(25-9-5-6-10-28(25)33-29)19-26(31-32)22-13-11-21(12-14-22)20-7-3-2-4-8-20/h2-18,27H,19H2,1H3/t27-,29+/m0/s1. The van der Waals surface area contributed by atoms with Gasteiger partial charge in [0.05, 0.1) is 11.8 Å². The Balaban J connectivity index is 1.40. The van der Waals surface area contributed by atoms with Crippen LogP contribution in [-0.4, -0.2) is 10.7 Å². The molecule has 0 amide bonds. The number of hydrogen-bond acceptors (Lipinski definition) is 3. The van der Waals surface area contributed by atoms with Gasteiger partial charge in [-0.15, -0.1) is 0 Å². The molecular formula is C29H23BrN2O. The predicted octanol–water partition coefficient (Wildman–Crippen LogP) is 7.53. The Morgan fingerprint density at radius 3 is 2.18 bits per heavy atom. The fraction of sp³-hybridized carbons (Fsp3) is 0.138. The van der Waals surface area contributed by atoms with Crippen molar-refractivity contribution < 1.29 is 4.74 Å². The zero-order chi connectivity index (χ0) is 22.4. The Hall–Kier alpha value is -3.37. The average molecular weight is 495 g/mol. The molecule has 4 aromatic carbocycles. The number of halogens is 1. The van der Waals surface area contributed by atoms with Crippen LogP contribution >= 0.6 is 15.9 Å². The average Bonchev–Trinajstić information content (AvgIpc) is 3.32. The first-order valence-electron chi connectivity index (χ1n) is 11.2. The van der Waals surface area contributed by atoms with Crippen LogP contribution in [-0.2, 0) is 5.72 Å². The molecule has 162 valence electrons. The van der Waals surface area contributed by atoms with Crippen LogP contribution in [0, 0.1) is 0 Å². The van der Waals surface area contributed by atoms with E-state index >= 15 is 0 Å². The second-order valence-corrected chi connectivity index (χ2v) is 9.60. The van der Waals surface area contributed by atoms with E-state index in [0.29, 0.717) is 0 Å². The second kappa shape index (κ2) is 7.89. The number of fused-ring (bicyclic) bond motifs is 3. The van der Waals surface area contributed by atoms with Crippen molar-refractivity contribution in [3.05, 3.63) is 124 Å². The molecule has 0 saturated carbocycles. The van der Waals surface area contributed by atoms with E-state index in [4.69, 9.17) is 9.84 Å². The van der Waals surface area contributed by atoms with Gasteiger partial charge < -0.3 is 4.74 Å². The van der Waals surface area contributed by atoms with Gasteiger partial charge in [0, 0.05) is 28.9 Å². The highest BCUT2D eigenvalue weighted by atomic mass is 79.9. The molecule has 2 atom stereocenters. The van der Waals surface area contributed by atoms with Crippen LogP contribution in [0.15, 0.2) is 113 Å². The summed E-state index contributed by atoms with van der Waals surface area (Å²) in [4.78, 5) is 0. The van der Waals surface area contributed by atoms with E-state index in [1.165, 1.54) is 16.7 Å². The van der Waals surface area contributed by atoms with Crippen molar-refractivity contribution in [3.8, 4) is 16.9 Å². The first-order valence-corrected chi connectivity index (χ1v) is 12.0. The van der Waals surface area contributed by atoms with E-state index in [-0.39, 0.29) is 6.04 Å². The van der Waals surface area contributed by atoms with Crippen molar-refractivity contribution in [2.24, 2.45) is 5.10 Å². The van der Waals surface area contributed by atoms with Crippen LogP contribution in [0.25, 0.3) is 11.1 Å². The Morgan fingerprint density at radius 1 is 0.788 bits per heavy atom. The highest BCUT2D eigenvalue weighted by molar-refractivity contribution is 9.10. The van der Waals surface area contributed by atoms with Gasteiger partial charge in [-0.05, 0) is 34.9 Å². The quantitative estimate of drug-likeness (QED) is 0.294. The summed E-state index contributed by atoms with van der Waals surface area (Å²) in [6.07, 6.45) is 0.844. The summed E-state index contributed by atoms with van der Waals surface area (Å²) in [6.45, 7) is 2.12. The Labute approximate surface area is 202 Å². The van der Waals surface area contributed by atoms with Crippen LogP contribution in [0.3, 0.4) is 0 Å². The maximum Gasteiger partial charge on any atom is 0.221 e. The lowest BCUT2D eigenvalue weighted by Gasteiger charge is -2.46. The normalized spacial score (nSPS) is 21.1. The van der Waals surface area contributed by atoms with Gasteiger partial charge in [-0.3, -0.25) is 0 Å². The minimum atomic E-state index is -0.689. The lowest BCUT2D eigenvalue weighted by atomic mass is 9.92. The first-order chi connectivity index (χ1) is 16.1. The molecule has 4 aromatic rings. The second-order valence-electron chi connectivity index (χ2n) is 8.68. The van der Waals surface area contributed by atoms with E-state index in [1.807, 2.05) is 12.1 Å². The number of hydrogen-bond donors (Lipinski definition) is 0. The van der Waals surface area contributed by atoms with Gasteiger partial charge in [0.25, 0.3) is 0 Å². The summed E-state index contributed by atoms with van der Waals surface area (Å²) in [5.74, 6) is 0.931. The van der Waals surface area contributed by atoms with E-state index < -0.39 is 5.72 Å². The molecule has 0 saturated heterocycles. The molecule has 0 unspecified atom stereocenters. The number of ether oxygens (including phenoxy) is 1. The molecule has 2 aliphatic heterocycles. The van der Waals surface area contributed by atoms with Gasteiger partial charge in [0.2, 0.25) is 5.72 Å². The first kappa shape index (κ1) is 20.3. The topological polar surface area (TPSA) is 24.8 Å². The summed E-state index contributed by atoms with van der Waals surface area (Å²) in [6, 6.07) is 36.0. The van der Waals surface area contributed by atoms with E-state index in [2.05, 4.69) is 119 Å². The van der Waals surface area contributed by atoms with Crippen LogP contribution in [0.1, 0.15) is 36.1 Å². The smallest absolute Gasteiger partial charge is 0.221 e. The summed E-state index contributed by atoms with van der Waals surface area (Å²) in [7, 11) is 0. The molecule has 2 aliphatic rings. The van der Waals surface area contributed by atoms with Crippen molar-refractivity contribution in [1.82, 2.24) is 5.01 Å². The molecule has 0 radical (unpaired) electrons. The minimum Gasteiger partial charge on any atom is -0.462 e. The van der Waals surface area contributed by atoms with Crippen LogP contribution in [0.4, 0.5) is 0 Å².